The van der Waals surface area contributed by atoms with Crippen LogP contribution >= 0.6 is 8.46 Å². The highest BCUT2D eigenvalue weighted by molar-refractivity contribution is 7.92. The Kier molecular flexibility index (Phi) is 22.8. The minimum Gasteiger partial charge on any atom is -0.478 e. The van der Waals surface area contributed by atoms with E-state index in [1.807, 2.05) is 6.92 Å². The lowest BCUT2D eigenvalue weighted by Crippen LogP contribution is -2.37. The third-order valence-electron chi connectivity index (χ3n) is 6.97. The summed E-state index contributed by atoms with van der Waals surface area (Å²) in [5.41, 5.74) is 0. The summed E-state index contributed by atoms with van der Waals surface area (Å²) in [4.78, 5) is 10.9. The van der Waals surface area contributed by atoms with Crippen LogP contribution in [0.15, 0.2) is 0 Å². The van der Waals surface area contributed by atoms with Gasteiger partial charge >= 0.3 is 5.97 Å². The summed E-state index contributed by atoms with van der Waals surface area (Å²) in [5.74, 6) is -1.42. The summed E-state index contributed by atoms with van der Waals surface area (Å²) >= 11 is 0. The molecule has 0 saturated heterocycles. The molecule has 0 aliphatic heterocycles. The Balaban J connectivity index is 4.55. The van der Waals surface area contributed by atoms with E-state index in [2.05, 4.69) is 13.8 Å². The second-order valence-corrected chi connectivity index (χ2v) is 13.7. The van der Waals surface area contributed by atoms with Gasteiger partial charge in [0.15, 0.2) is 9.84 Å². The Morgan fingerprint density at radius 1 is 0.816 bits per heavy atom. The average molecular weight is 583 g/mol. The maximum atomic E-state index is 13.3. The predicted molar refractivity (Wildman–Crippen MR) is 154 cm³/mol. The summed E-state index contributed by atoms with van der Waals surface area (Å²) in [7, 11) is -4.23. The molecule has 0 heterocycles. The molecule has 0 fully saturated rings. The first-order valence-corrected chi connectivity index (χ1v) is 17.4. The molecule has 0 rings (SSSR count). The number of hydrogen-bond acceptors (Lipinski definition) is 7. The first kappa shape index (κ1) is 37.4. The monoisotopic (exact) mass is 582 g/mol. The van der Waals surface area contributed by atoms with Gasteiger partial charge in [0.1, 0.15) is 0 Å². The molecule has 0 aromatic heterocycles. The molecule has 0 aromatic carbocycles. The Labute approximate surface area is 233 Å². The smallest absolute Gasteiger partial charge is 0.350 e. The molecule has 3 unspecified atom stereocenters. The van der Waals surface area contributed by atoms with Crippen molar-refractivity contribution in [2.75, 3.05) is 25.6 Å². The highest BCUT2D eigenvalue weighted by atomic mass is 32.2. The van der Waals surface area contributed by atoms with Gasteiger partial charge < -0.3 is 19.7 Å². The zero-order chi connectivity index (χ0) is 28.7. The number of sulfone groups is 1. The fourth-order valence-electron chi connectivity index (χ4n) is 4.48. The lowest BCUT2D eigenvalue weighted by Gasteiger charge is -2.25. The zero-order valence-corrected chi connectivity index (χ0v) is 25.9. The molecule has 8 nitrogen and oxygen atoms in total. The lowest BCUT2D eigenvalue weighted by molar-refractivity contribution is -0.154. The molecule has 0 aliphatic carbocycles. The topological polar surface area (TPSA) is 127 Å². The molecule has 2 N–H and O–H groups in total. The van der Waals surface area contributed by atoms with Crippen LogP contribution in [-0.2, 0) is 28.7 Å². The van der Waals surface area contributed by atoms with Crippen LogP contribution in [0, 0.1) is 0 Å². The standard InChI is InChI=1S/C28H55O8PS/c1-4-6-8-10-11-12-13-14-16-18-23-38(33,34)26(20-17-15-9-7-5-2)25(3)36-22-19-21-35-24-28(31,37-32)27(29)30/h25-26,31H,4-24H2,1-3H3,(H,29,30). The molecule has 0 saturated carbocycles. The van der Waals surface area contributed by atoms with Crippen LogP contribution in [0.25, 0.3) is 0 Å². The van der Waals surface area contributed by atoms with Crippen molar-refractivity contribution >= 4 is 24.3 Å². The predicted octanol–water partition coefficient (Wildman–Crippen LogP) is 6.93. The minimum atomic E-state index is -3.29. The van der Waals surface area contributed by atoms with Crippen molar-refractivity contribution in [3.63, 3.8) is 0 Å². The fourth-order valence-corrected chi connectivity index (χ4v) is 6.80. The molecular weight excluding hydrogens is 527 g/mol. The number of carbonyl (C=O) groups is 1. The number of aliphatic hydroxyl groups is 1. The Bertz CT molecular complexity index is 703. The van der Waals surface area contributed by atoms with Crippen molar-refractivity contribution in [2.24, 2.45) is 0 Å². The quantitative estimate of drug-likeness (QED) is 0.0751. The molecule has 0 bridgehead atoms. The maximum Gasteiger partial charge on any atom is 0.350 e. The van der Waals surface area contributed by atoms with Gasteiger partial charge in [0.25, 0.3) is 5.34 Å². The van der Waals surface area contributed by atoms with E-state index >= 15 is 0 Å². The number of aliphatic carboxylic acids is 1. The first-order chi connectivity index (χ1) is 18.1. The molecule has 10 heteroatoms. The largest absolute Gasteiger partial charge is 0.478 e. The maximum absolute atomic E-state index is 13.3. The normalized spacial score (nSPS) is 15.4. The first-order valence-electron chi connectivity index (χ1n) is 14.9. The van der Waals surface area contributed by atoms with Gasteiger partial charge in [0, 0.05) is 13.2 Å². The Morgan fingerprint density at radius 2 is 1.32 bits per heavy atom. The lowest BCUT2D eigenvalue weighted by atomic mass is 10.1. The Hall–Kier alpha value is -0.600. The number of carboxylic acids is 1. The Morgan fingerprint density at radius 3 is 1.82 bits per heavy atom. The van der Waals surface area contributed by atoms with Crippen LogP contribution in [-0.4, -0.2) is 66.9 Å². The third kappa shape index (κ3) is 17.9. The van der Waals surface area contributed by atoms with E-state index < -0.39 is 47.6 Å². The van der Waals surface area contributed by atoms with Gasteiger partial charge in [-0.15, -0.1) is 0 Å². The van der Waals surface area contributed by atoms with Gasteiger partial charge in [0.05, 0.1) is 23.7 Å². The molecule has 0 amide bonds. The molecule has 38 heavy (non-hydrogen) atoms. The highest BCUT2D eigenvalue weighted by Gasteiger charge is 2.37. The molecule has 0 aliphatic rings. The summed E-state index contributed by atoms with van der Waals surface area (Å²) in [6.07, 6.45) is 17.4. The van der Waals surface area contributed by atoms with Crippen molar-refractivity contribution in [3.05, 3.63) is 0 Å². The number of rotatable bonds is 28. The van der Waals surface area contributed by atoms with E-state index in [0.717, 1.165) is 44.9 Å². The summed E-state index contributed by atoms with van der Waals surface area (Å²) < 4.78 is 48.4. The van der Waals surface area contributed by atoms with E-state index in [0.29, 0.717) is 19.3 Å². The van der Waals surface area contributed by atoms with Crippen molar-refractivity contribution in [1.29, 1.82) is 0 Å². The SMILES string of the molecule is CCCCCCCCCCCCS(=O)(=O)C(CCCCCCC)C(C)OCCCOCC(O)(P=O)C(=O)O. The van der Waals surface area contributed by atoms with Crippen LogP contribution in [0.1, 0.15) is 130 Å². The van der Waals surface area contributed by atoms with E-state index in [1.165, 1.54) is 44.9 Å². The van der Waals surface area contributed by atoms with Gasteiger partial charge in [-0.05, 0) is 26.2 Å². The van der Waals surface area contributed by atoms with E-state index in [1.54, 1.807) is 0 Å². The summed E-state index contributed by atoms with van der Waals surface area (Å²) in [6, 6.07) is 0. The molecule has 226 valence electrons. The van der Waals surface area contributed by atoms with Crippen molar-refractivity contribution in [1.82, 2.24) is 0 Å². The van der Waals surface area contributed by atoms with Gasteiger partial charge in [-0.3, -0.25) is 4.57 Å². The van der Waals surface area contributed by atoms with Crippen molar-refractivity contribution in [2.45, 2.75) is 147 Å². The van der Waals surface area contributed by atoms with E-state index in [-0.39, 0.29) is 19.0 Å². The van der Waals surface area contributed by atoms with Crippen molar-refractivity contribution < 1.29 is 37.5 Å². The third-order valence-corrected chi connectivity index (χ3v) is 9.99. The van der Waals surface area contributed by atoms with Gasteiger partial charge in [0.2, 0.25) is 8.46 Å². The molecule has 0 spiro atoms. The second-order valence-electron chi connectivity index (χ2n) is 10.5. The fraction of sp³-hybridized carbons (Fsp3) is 0.964. The molecule has 0 radical (unpaired) electrons. The number of hydrogen-bond donors (Lipinski definition) is 2. The number of ether oxygens (including phenoxy) is 2. The van der Waals surface area contributed by atoms with Crippen LogP contribution in [0.4, 0.5) is 0 Å². The van der Waals surface area contributed by atoms with E-state index in [9.17, 15) is 22.9 Å². The molecule has 0 aromatic rings. The van der Waals surface area contributed by atoms with Crippen LogP contribution < -0.4 is 0 Å². The molecule has 3 atom stereocenters. The minimum absolute atomic E-state index is 0.102. The highest BCUT2D eigenvalue weighted by Crippen LogP contribution is 2.22. The molecular formula is C28H55O8PS. The number of unbranched alkanes of at least 4 members (excludes halogenated alkanes) is 13. The second kappa shape index (κ2) is 23.1. The van der Waals surface area contributed by atoms with Gasteiger partial charge in [-0.2, -0.15) is 0 Å². The van der Waals surface area contributed by atoms with Crippen LogP contribution in [0.5, 0.6) is 0 Å². The number of carboxylic acid groups (broad SMARTS) is 1. The van der Waals surface area contributed by atoms with Crippen molar-refractivity contribution in [3.8, 4) is 0 Å². The summed E-state index contributed by atoms with van der Waals surface area (Å²) in [6.45, 7) is 5.94. The summed E-state index contributed by atoms with van der Waals surface area (Å²) in [5, 5.41) is 15.6. The van der Waals surface area contributed by atoms with Crippen LogP contribution in [0.2, 0.25) is 0 Å². The average Bonchev–Trinajstić information content (AvgIpc) is 2.88. The van der Waals surface area contributed by atoms with Gasteiger partial charge in [-0.25, -0.2) is 13.2 Å². The van der Waals surface area contributed by atoms with Crippen LogP contribution in [0.3, 0.4) is 0 Å². The zero-order valence-electron chi connectivity index (χ0n) is 24.2. The van der Waals surface area contributed by atoms with E-state index in [4.69, 9.17) is 14.6 Å². The van der Waals surface area contributed by atoms with Gasteiger partial charge in [-0.1, -0.05) is 104 Å².